The summed E-state index contributed by atoms with van der Waals surface area (Å²) in [6.07, 6.45) is 4.93. The summed E-state index contributed by atoms with van der Waals surface area (Å²) in [5.74, 6) is 6.25. The van der Waals surface area contributed by atoms with Crippen LogP contribution >= 0.6 is 0 Å². The fourth-order valence-electron chi connectivity index (χ4n) is 2.27. The Morgan fingerprint density at radius 2 is 2.05 bits per heavy atom. The van der Waals surface area contributed by atoms with Crippen LogP contribution in [0.2, 0.25) is 0 Å². The molecule has 0 spiro atoms. The lowest BCUT2D eigenvalue weighted by molar-refractivity contribution is 0.297. The predicted octanol–water partition coefficient (Wildman–Crippen LogP) is 1.89. The number of hydrogen-bond donors (Lipinski definition) is 2. The van der Waals surface area contributed by atoms with Gasteiger partial charge in [-0.05, 0) is 24.5 Å². The summed E-state index contributed by atoms with van der Waals surface area (Å²) in [6, 6.07) is 6.70. The van der Waals surface area contributed by atoms with Gasteiger partial charge in [0.05, 0.1) is 11.5 Å². The quantitative estimate of drug-likeness (QED) is 0.789. The van der Waals surface area contributed by atoms with Gasteiger partial charge < -0.3 is 5.11 Å². The molecule has 4 nitrogen and oxygen atoms in total. The van der Waals surface area contributed by atoms with Crippen LogP contribution in [0.3, 0.4) is 0 Å². The number of aliphatic hydroxyl groups excluding tert-OH is 1. The van der Waals surface area contributed by atoms with E-state index in [9.17, 15) is 8.42 Å². The van der Waals surface area contributed by atoms with Crippen molar-refractivity contribution in [3.63, 3.8) is 0 Å². The molecule has 0 radical (unpaired) electrons. The Labute approximate surface area is 126 Å². The van der Waals surface area contributed by atoms with Gasteiger partial charge in [0, 0.05) is 18.5 Å². The minimum atomic E-state index is -3.52. The van der Waals surface area contributed by atoms with Crippen molar-refractivity contribution in [3.8, 4) is 11.8 Å². The maximum Gasteiger partial charge on any atom is 0.241 e. The third-order valence-electron chi connectivity index (χ3n) is 3.71. The monoisotopic (exact) mass is 307 g/mol. The second kappa shape index (κ2) is 7.60. The van der Waals surface area contributed by atoms with Crippen molar-refractivity contribution in [1.29, 1.82) is 0 Å². The van der Waals surface area contributed by atoms with Crippen LogP contribution < -0.4 is 4.72 Å². The number of hydrogen-bond acceptors (Lipinski definition) is 3. The van der Waals surface area contributed by atoms with E-state index >= 15 is 0 Å². The van der Waals surface area contributed by atoms with E-state index in [1.165, 1.54) is 19.3 Å². The molecule has 1 fully saturated rings. The lowest BCUT2D eigenvalue weighted by atomic mass is 9.83. The highest BCUT2D eigenvalue weighted by Gasteiger charge is 2.20. The SMILES string of the molecule is O=S(=O)(NCCC1CCC1)c1ccccc1C#CCCO. The molecule has 114 valence electrons. The maximum absolute atomic E-state index is 12.3. The Balaban J connectivity index is 2.06. The first-order chi connectivity index (χ1) is 10.1. The highest BCUT2D eigenvalue weighted by Crippen LogP contribution is 2.28. The third kappa shape index (κ3) is 4.57. The van der Waals surface area contributed by atoms with E-state index in [1.807, 2.05) is 0 Å². The van der Waals surface area contributed by atoms with E-state index in [2.05, 4.69) is 16.6 Å². The molecule has 0 aliphatic heterocycles. The molecule has 1 aliphatic rings. The molecule has 0 bridgehead atoms. The van der Waals surface area contributed by atoms with Gasteiger partial charge in [0.2, 0.25) is 10.0 Å². The van der Waals surface area contributed by atoms with Crippen LogP contribution in [-0.4, -0.2) is 26.7 Å². The van der Waals surface area contributed by atoms with Crippen molar-refractivity contribution >= 4 is 10.0 Å². The van der Waals surface area contributed by atoms with Crippen LogP contribution in [0.25, 0.3) is 0 Å². The number of aliphatic hydroxyl groups is 1. The van der Waals surface area contributed by atoms with Gasteiger partial charge in [-0.3, -0.25) is 0 Å². The molecule has 0 amide bonds. The van der Waals surface area contributed by atoms with Crippen LogP contribution in [-0.2, 0) is 10.0 Å². The topological polar surface area (TPSA) is 66.4 Å². The molecular weight excluding hydrogens is 286 g/mol. The van der Waals surface area contributed by atoms with Gasteiger partial charge in [-0.15, -0.1) is 0 Å². The fourth-order valence-corrected chi connectivity index (χ4v) is 3.48. The average Bonchev–Trinajstić information content (AvgIpc) is 2.42. The number of nitrogens with one attached hydrogen (secondary N) is 1. The van der Waals surface area contributed by atoms with Crippen LogP contribution in [0.1, 0.15) is 37.7 Å². The van der Waals surface area contributed by atoms with Crippen molar-refractivity contribution in [2.75, 3.05) is 13.2 Å². The molecule has 5 heteroatoms. The van der Waals surface area contributed by atoms with Crippen molar-refractivity contribution < 1.29 is 13.5 Å². The molecule has 0 saturated heterocycles. The summed E-state index contributed by atoms with van der Waals surface area (Å²) in [6.45, 7) is 0.451. The lowest BCUT2D eigenvalue weighted by Crippen LogP contribution is -2.28. The highest BCUT2D eigenvalue weighted by molar-refractivity contribution is 7.89. The van der Waals surface area contributed by atoms with Gasteiger partial charge in [0.1, 0.15) is 0 Å². The normalized spacial score (nSPS) is 15.1. The standard InChI is InChI=1S/C16H21NO3S/c18-13-4-3-9-15-8-1-2-10-16(15)21(19,20)17-12-11-14-6-5-7-14/h1-2,8,10,14,17-18H,4-7,11-13H2. The maximum atomic E-state index is 12.3. The first kappa shape index (κ1) is 16.0. The van der Waals surface area contributed by atoms with Gasteiger partial charge >= 0.3 is 0 Å². The molecule has 21 heavy (non-hydrogen) atoms. The van der Waals surface area contributed by atoms with Gasteiger partial charge in [0.15, 0.2) is 0 Å². The van der Waals surface area contributed by atoms with Crippen LogP contribution in [0.4, 0.5) is 0 Å². The molecule has 0 heterocycles. The zero-order chi connectivity index (χ0) is 15.1. The summed E-state index contributed by atoms with van der Waals surface area (Å²) in [7, 11) is -3.52. The first-order valence-electron chi connectivity index (χ1n) is 7.32. The summed E-state index contributed by atoms with van der Waals surface area (Å²) >= 11 is 0. The molecule has 1 saturated carbocycles. The molecule has 2 rings (SSSR count). The molecule has 2 N–H and O–H groups in total. The van der Waals surface area contributed by atoms with Crippen molar-refractivity contribution in [3.05, 3.63) is 29.8 Å². The molecule has 0 atom stereocenters. The van der Waals surface area contributed by atoms with Crippen LogP contribution in [0, 0.1) is 17.8 Å². The Morgan fingerprint density at radius 1 is 1.29 bits per heavy atom. The van der Waals surface area contributed by atoms with Crippen molar-refractivity contribution in [2.45, 2.75) is 37.0 Å². The molecule has 0 aromatic heterocycles. The molecule has 1 aromatic rings. The second-order valence-corrected chi connectivity index (χ2v) is 6.99. The van der Waals surface area contributed by atoms with Gasteiger partial charge in [-0.25, -0.2) is 13.1 Å². The average molecular weight is 307 g/mol. The van der Waals surface area contributed by atoms with Crippen LogP contribution in [0.5, 0.6) is 0 Å². The Hall–Kier alpha value is -1.35. The number of rotatable bonds is 6. The van der Waals surface area contributed by atoms with E-state index < -0.39 is 10.0 Å². The van der Waals surface area contributed by atoms with Gasteiger partial charge in [-0.1, -0.05) is 43.2 Å². The zero-order valence-corrected chi connectivity index (χ0v) is 12.8. The number of benzene rings is 1. The minimum absolute atomic E-state index is 0.0262. The third-order valence-corrected chi connectivity index (χ3v) is 5.23. The largest absolute Gasteiger partial charge is 0.395 e. The van der Waals surface area contributed by atoms with Crippen molar-refractivity contribution in [1.82, 2.24) is 4.72 Å². The van der Waals surface area contributed by atoms with E-state index in [4.69, 9.17) is 5.11 Å². The highest BCUT2D eigenvalue weighted by atomic mass is 32.2. The van der Waals surface area contributed by atoms with E-state index in [-0.39, 0.29) is 11.5 Å². The first-order valence-corrected chi connectivity index (χ1v) is 8.80. The summed E-state index contributed by atoms with van der Waals surface area (Å²) in [5, 5.41) is 8.74. The Bertz CT molecular complexity index is 624. The summed E-state index contributed by atoms with van der Waals surface area (Å²) < 4.78 is 27.4. The van der Waals surface area contributed by atoms with Gasteiger partial charge in [0.25, 0.3) is 0 Å². The Kier molecular flexibility index (Phi) is 5.80. The summed E-state index contributed by atoms with van der Waals surface area (Å²) in [5.41, 5.74) is 0.474. The molecule has 1 aliphatic carbocycles. The summed E-state index contributed by atoms with van der Waals surface area (Å²) in [4.78, 5) is 0.212. The predicted molar refractivity (Wildman–Crippen MR) is 82.2 cm³/mol. The fraction of sp³-hybridized carbons (Fsp3) is 0.500. The number of sulfonamides is 1. The molecular formula is C16H21NO3S. The van der Waals surface area contributed by atoms with E-state index in [0.29, 0.717) is 24.4 Å². The minimum Gasteiger partial charge on any atom is -0.395 e. The Morgan fingerprint density at radius 3 is 2.71 bits per heavy atom. The van der Waals surface area contributed by atoms with E-state index in [1.54, 1.807) is 24.3 Å². The smallest absolute Gasteiger partial charge is 0.241 e. The van der Waals surface area contributed by atoms with Crippen molar-refractivity contribution in [2.24, 2.45) is 5.92 Å². The molecule has 0 unspecified atom stereocenters. The lowest BCUT2D eigenvalue weighted by Gasteiger charge is -2.25. The zero-order valence-electron chi connectivity index (χ0n) is 12.0. The second-order valence-electron chi connectivity index (χ2n) is 5.25. The van der Waals surface area contributed by atoms with E-state index in [0.717, 1.165) is 6.42 Å². The van der Waals surface area contributed by atoms with Gasteiger partial charge in [-0.2, -0.15) is 0 Å². The van der Waals surface area contributed by atoms with Crippen LogP contribution in [0.15, 0.2) is 29.2 Å². The molecule has 1 aromatic carbocycles.